The van der Waals surface area contributed by atoms with E-state index in [1.54, 1.807) is 6.08 Å². The second-order valence-electron chi connectivity index (χ2n) is 14.9. The Hall–Kier alpha value is -3.93. The van der Waals surface area contributed by atoms with E-state index in [0.717, 1.165) is 77.0 Å². The third-order valence-corrected chi connectivity index (χ3v) is 9.28. The molecule has 0 aromatic heterocycles. The predicted molar refractivity (Wildman–Crippen MR) is 251 cm³/mol. The van der Waals surface area contributed by atoms with Crippen molar-refractivity contribution in [1.29, 1.82) is 0 Å². The Morgan fingerprint density at radius 2 is 0.746 bits per heavy atom. The second-order valence-corrected chi connectivity index (χ2v) is 14.9. The molecule has 0 aliphatic rings. The van der Waals surface area contributed by atoms with Crippen molar-refractivity contribution in [2.75, 3.05) is 13.2 Å². The summed E-state index contributed by atoms with van der Waals surface area (Å²) in [5, 5.41) is 0. The normalized spacial score (nSPS) is 13.1. The number of hydrogen-bond acceptors (Lipinski definition) is 6. The van der Waals surface area contributed by atoms with Gasteiger partial charge in [0.15, 0.2) is 6.10 Å². The quantitative estimate of drug-likeness (QED) is 0.0265. The predicted octanol–water partition coefficient (Wildman–Crippen LogP) is 15.2. The van der Waals surface area contributed by atoms with Gasteiger partial charge in [-0.05, 0) is 96.3 Å². The lowest BCUT2D eigenvalue weighted by Crippen LogP contribution is -2.30. The van der Waals surface area contributed by atoms with Gasteiger partial charge in [0, 0.05) is 12.8 Å². The lowest BCUT2D eigenvalue weighted by atomic mass is 10.1. The largest absolute Gasteiger partial charge is 0.462 e. The van der Waals surface area contributed by atoms with E-state index < -0.39 is 12.1 Å². The van der Waals surface area contributed by atoms with E-state index in [4.69, 9.17) is 14.2 Å². The van der Waals surface area contributed by atoms with Crippen molar-refractivity contribution in [2.45, 2.75) is 194 Å². The lowest BCUT2D eigenvalue weighted by Gasteiger charge is -2.18. The van der Waals surface area contributed by atoms with Crippen LogP contribution in [0.1, 0.15) is 188 Å². The summed E-state index contributed by atoms with van der Waals surface area (Å²) in [4.78, 5) is 37.7. The fourth-order valence-electron chi connectivity index (χ4n) is 5.83. The van der Waals surface area contributed by atoms with Crippen molar-refractivity contribution >= 4 is 17.9 Å². The Labute approximate surface area is 361 Å². The van der Waals surface area contributed by atoms with Gasteiger partial charge < -0.3 is 14.2 Å². The van der Waals surface area contributed by atoms with Crippen LogP contribution in [0.5, 0.6) is 0 Å². The highest BCUT2D eigenvalue weighted by Gasteiger charge is 2.19. The number of unbranched alkanes of at least 4 members (excludes halogenated alkanes) is 12. The van der Waals surface area contributed by atoms with Gasteiger partial charge in [0.1, 0.15) is 13.2 Å². The van der Waals surface area contributed by atoms with Crippen LogP contribution in [0.15, 0.2) is 109 Å². The number of rotatable bonds is 40. The summed E-state index contributed by atoms with van der Waals surface area (Å²) in [7, 11) is 0. The highest BCUT2D eigenvalue weighted by molar-refractivity contribution is 5.72. The number of esters is 3. The van der Waals surface area contributed by atoms with Crippen LogP contribution in [0, 0.1) is 0 Å². The smallest absolute Gasteiger partial charge is 0.309 e. The van der Waals surface area contributed by atoms with Crippen LogP contribution in [0.4, 0.5) is 0 Å². The Morgan fingerprint density at radius 3 is 1.25 bits per heavy atom. The SMILES string of the molecule is CC/C=C\C/C=C\C/C=C\C/C=C\C/C=C\CCCC(=O)OCC(COC(=O)C/C=C\C/C=C\C/C=C\CC)OC(=O)CCCCCCCCC/C=C\CCCCCC. The molecule has 0 radical (unpaired) electrons. The summed E-state index contributed by atoms with van der Waals surface area (Å²) >= 11 is 0. The van der Waals surface area contributed by atoms with Gasteiger partial charge in [0.25, 0.3) is 0 Å². The maximum absolute atomic E-state index is 12.7. The third kappa shape index (κ3) is 45.0. The molecular weight excluding hydrogens is 733 g/mol. The van der Waals surface area contributed by atoms with Crippen LogP contribution < -0.4 is 0 Å². The van der Waals surface area contributed by atoms with Gasteiger partial charge in [0.2, 0.25) is 0 Å². The third-order valence-electron chi connectivity index (χ3n) is 9.28. The monoisotopic (exact) mass is 817 g/mol. The molecule has 0 aliphatic heterocycles. The van der Waals surface area contributed by atoms with Crippen molar-refractivity contribution in [3.63, 3.8) is 0 Å². The Kier molecular flexibility index (Phi) is 43.6. The molecule has 59 heavy (non-hydrogen) atoms. The molecule has 6 heteroatoms. The molecule has 0 aromatic rings. The maximum atomic E-state index is 12.7. The molecule has 0 saturated heterocycles. The van der Waals surface area contributed by atoms with Crippen molar-refractivity contribution in [3.05, 3.63) is 109 Å². The van der Waals surface area contributed by atoms with Crippen LogP contribution in [-0.2, 0) is 28.6 Å². The molecule has 1 unspecified atom stereocenters. The number of hydrogen-bond donors (Lipinski definition) is 0. The van der Waals surface area contributed by atoms with Gasteiger partial charge in [-0.2, -0.15) is 0 Å². The second kappa shape index (κ2) is 46.8. The lowest BCUT2D eigenvalue weighted by molar-refractivity contribution is -0.166. The number of ether oxygens (including phenoxy) is 3. The molecule has 0 rings (SSSR count). The van der Waals surface area contributed by atoms with Gasteiger partial charge in [0.05, 0.1) is 6.42 Å². The number of carbonyl (C=O) groups is 3. The first-order chi connectivity index (χ1) is 29.0. The Bertz CT molecular complexity index is 1260. The zero-order valence-corrected chi connectivity index (χ0v) is 37.7. The molecule has 0 N–H and O–H groups in total. The average Bonchev–Trinajstić information content (AvgIpc) is 3.23. The van der Waals surface area contributed by atoms with Crippen LogP contribution >= 0.6 is 0 Å². The van der Waals surface area contributed by atoms with E-state index >= 15 is 0 Å². The summed E-state index contributed by atoms with van der Waals surface area (Å²) in [6.45, 7) is 6.21. The summed E-state index contributed by atoms with van der Waals surface area (Å²) in [6, 6.07) is 0. The molecule has 6 nitrogen and oxygen atoms in total. The average molecular weight is 817 g/mol. The first-order valence-electron chi connectivity index (χ1n) is 23.4. The van der Waals surface area contributed by atoms with Crippen molar-refractivity contribution in [1.82, 2.24) is 0 Å². The molecular formula is C53H84O6. The Morgan fingerprint density at radius 1 is 0.373 bits per heavy atom. The number of allylic oxidation sites excluding steroid dienone is 17. The van der Waals surface area contributed by atoms with Crippen molar-refractivity contribution in [3.8, 4) is 0 Å². The molecule has 0 saturated carbocycles. The van der Waals surface area contributed by atoms with E-state index in [9.17, 15) is 14.4 Å². The minimum absolute atomic E-state index is 0.121. The van der Waals surface area contributed by atoms with Gasteiger partial charge in [-0.15, -0.1) is 0 Å². The maximum Gasteiger partial charge on any atom is 0.309 e. The van der Waals surface area contributed by atoms with Crippen LogP contribution in [0.2, 0.25) is 0 Å². The minimum atomic E-state index is -0.838. The van der Waals surface area contributed by atoms with E-state index in [2.05, 4.69) is 118 Å². The first-order valence-corrected chi connectivity index (χ1v) is 23.4. The molecule has 0 bridgehead atoms. The first kappa shape index (κ1) is 55.1. The topological polar surface area (TPSA) is 78.9 Å². The fourth-order valence-corrected chi connectivity index (χ4v) is 5.83. The Balaban J connectivity index is 4.52. The highest BCUT2D eigenvalue weighted by atomic mass is 16.6. The van der Waals surface area contributed by atoms with Gasteiger partial charge in [-0.1, -0.05) is 182 Å². The summed E-state index contributed by atoms with van der Waals surface area (Å²) in [5.41, 5.74) is 0. The van der Waals surface area contributed by atoms with Crippen LogP contribution in [0.3, 0.4) is 0 Å². The molecule has 0 heterocycles. The van der Waals surface area contributed by atoms with Crippen LogP contribution in [0.25, 0.3) is 0 Å². The molecule has 1 atom stereocenters. The summed E-state index contributed by atoms with van der Waals surface area (Å²) < 4.78 is 16.5. The summed E-state index contributed by atoms with van der Waals surface area (Å²) in [5.74, 6) is -1.13. The molecule has 0 aromatic carbocycles. The molecule has 0 fully saturated rings. The fraction of sp³-hybridized carbons (Fsp3) is 0.604. The summed E-state index contributed by atoms with van der Waals surface area (Å²) in [6.07, 6.45) is 62.5. The van der Waals surface area contributed by atoms with Gasteiger partial charge in [-0.3, -0.25) is 14.4 Å². The van der Waals surface area contributed by atoms with E-state index in [1.165, 1.54) is 64.2 Å². The van der Waals surface area contributed by atoms with Gasteiger partial charge in [-0.25, -0.2) is 0 Å². The van der Waals surface area contributed by atoms with Crippen molar-refractivity contribution < 1.29 is 28.6 Å². The molecule has 0 spiro atoms. The van der Waals surface area contributed by atoms with Gasteiger partial charge >= 0.3 is 17.9 Å². The molecule has 332 valence electrons. The standard InChI is InChI=1S/C53H84O6/c1-4-7-10-13-16-19-21-23-25-26-28-29-31-34-37-40-43-46-52(55)58-49-50(48-57-51(54)45-42-39-36-33-18-15-12-9-6-3)59-53(56)47-44-41-38-35-32-30-27-24-22-20-17-14-11-8-5-2/h7,9-10,12,16,18-20,22-23,25,28-29,33-34,37,39,42,50H,4-6,8,11,13-15,17,21,24,26-27,30-32,35-36,38,40-41,43-49H2,1-3H3/b10-7-,12-9-,19-16-,22-20-,25-23-,29-28-,33-18-,37-34-,42-39-. The zero-order chi connectivity index (χ0) is 43.0. The minimum Gasteiger partial charge on any atom is -0.462 e. The van der Waals surface area contributed by atoms with E-state index in [0.29, 0.717) is 12.8 Å². The van der Waals surface area contributed by atoms with E-state index in [1.807, 2.05) is 6.08 Å². The van der Waals surface area contributed by atoms with Crippen molar-refractivity contribution in [2.24, 2.45) is 0 Å². The zero-order valence-electron chi connectivity index (χ0n) is 37.7. The molecule has 0 amide bonds. The highest BCUT2D eigenvalue weighted by Crippen LogP contribution is 2.12. The molecule has 0 aliphatic carbocycles. The van der Waals surface area contributed by atoms with Crippen LogP contribution in [-0.4, -0.2) is 37.2 Å². The number of carbonyl (C=O) groups excluding carboxylic acids is 3. The van der Waals surface area contributed by atoms with E-state index in [-0.39, 0.29) is 38.0 Å².